The van der Waals surface area contributed by atoms with Crippen molar-refractivity contribution in [3.8, 4) is 5.75 Å². The molecule has 1 atom stereocenters. The minimum absolute atomic E-state index is 0.148. The van der Waals surface area contributed by atoms with Gasteiger partial charge in [0.05, 0.1) is 28.5 Å². The third-order valence-electron chi connectivity index (χ3n) is 3.52. The summed E-state index contributed by atoms with van der Waals surface area (Å²) < 4.78 is 30.7. The molecule has 5 nitrogen and oxygen atoms in total. The molecular weight excluding hydrogens is 430 g/mol. The quantitative estimate of drug-likeness (QED) is 0.723. The number of rotatable bonds is 6. The molecule has 2 aromatic carbocycles. The topological polar surface area (TPSA) is 72.5 Å². The largest absolute Gasteiger partial charge is 0.497 e. The Morgan fingerprint density at radius 2 is 1.88 bits per heavy atom. The fourth-order valence-electron chi connectivity index (χ4n) is 2.13. The number of carbonyl (C=O) groups excluding carboxylic acids is 1. The number of benzene rings is 2. The molecular formula is C17H17BrClNO4S. The third-order valence-corrected chi connectivity index (χ3v) is 6.26. The van der Waals surface area contributed by atoms with Crippen molar-refractivity contribution in [3.05, 3.63) is 52.0 Å². The van der Waals surface area contributed by atoms with E-state index in [0.29, 0.717) is 16.5 Å². The summed E-state index contributed by atoms with van der Waals surface area (Å²) in [7, 11) is -2.09. The molecule has 0 fully saturated rings. The zero-order valence-corrected chi connectivity index (χ0v) is 16.8. The average molecular weight is 447 g/mol. The van der Waals surface area contributed by atoms with E-state index in [1.807, 2.05) is 0 Å². The molecule has 1 amide bonds. The van der Waals surface area contributed by atoms with Crippen LogP contribution < -0.4 is 10.1 Å². The first-order valence-electron chi connectivity index (χ1n) is 7.35. The predicted octanol–water partition coefficient (Wildman–Crippen LogP) is 4.16. The first kappa shape index (κ1) is 19.8. The molecule has 0 saturated heterocycles. The van der Waals surface area contributed by atoms with Crippen LogP contribution in [0.3, 0.4) is 0 Å². The van der Waals surface area contributed by atoms with E-state index in [-0.39, 0.29) is 10.6 Å². The fourth-order valence-corrected chi connectivity index (χ4v) is 4.40. The second-order valence-electron chi connectivity index (χ2n) is 5.47. The van der Waals surface area contributed by atoms with Crippen LogP contribution in [0, 0.1) is 5.92 Å². The lowest BCUT2D eigenvalue weighted by molar-refractivity contribution is -0.118. The second-order valence-corrected chi connectivity index (χ2v) is 8.83. The van der Waals surface area contributed by atoms with Crippen LogP contribution in [0.4, 0.5) is 5.69 Å². The van der Waals surface area contributed by atoms with Crippen LogP contribution in [0.25, 0.3) is 0 Å². The number of anilines is 1. The van der Waals surface area contributed by atoms with E-state index in [4.69, 9.17) is 16.3 Å². The van der Waals surface area contributed by atoms with Gasteiger partial charge in [0.15, 0.2) is 9.84 Å². The maximum Gasteiger partial charge on any atom is 0.228 e. The predicted molar refractivity (Wildman–Crippen MR) is 102 cm³/mol. The minimum atomic E-state index is -3.60. The smallest absolute Gasteiger partial charge is 0.228 e. The van der Waals surface area contributed by atoms with Gasteiger partial charge in [-0.1, -0.05) is 34.5 Å². The molecule has 25 heavy (non-hydrogen) atoms. The summed E-state index contributed by atoms with van der Waals surface area (Å²) in [4.78, 5) is 12.4. The van der Waals surface area contributed by atoms with Crippen LogP contribution in [0.15, 0.2) is 51.8 Å². The maximum atomic E-state index is 12.5. The Labute approximate surface area is 160 Å². The molecule has 0 radical (unpaired) electrons. The van der Waals surface area contributed by atoms with Gasteiger partial charge in [-0.3, -0.25) is 4.79 Å². The Balaban J connectivity index is 2.08. The summed E-state index contributed by atoms with van der Waals surface area (Å²) in [6.07, 6.45) is 0. The van der Waals surface area contributed by atoms with Gasteiger partial charge in [0.1, 0.15) is 5.75 Å². The summed E-state index contributed by atoms with van der Waals surface area (Å²) in [5.74, 6) is -0.901. The van der Waals surface area contributed by atoms with Crippen molar-refractivity contribution in [2.45, 2.75) is 11.8 Å². The minimum Gasteiger partial charge on any atom is -0.497 e. The zero-order valence-electron chi connectivity index (χ0n) is 13.6. The summed E-state index contributed by atoms with van der Waals surface area (Å²) in [5, 5.41) is 3.02. The highest BCUT2D eigenvalue weighted by atomic mass is 79.9. The van der Waals surface area contributed by atoms with E-state index in [2.05, 4.69) is 21.2 Å². The van der Waals surface area contributed by atoms with E-state index in [0.717, 1.165) is 4.47 Å². The van der Waals surface area contributed by atoms with Crippen molar-refractivity contribution in [1.82, 2.24) is 0 Å². The monoisotopic (exact) mass is 445 g/mol. The van der Waals surface area contributed by atoms with Gasteiger partial charge < -0.3 is 10.1 Å². The molecule has 8 heteroatoms. The molecule has 0 saturated carbocycles. The van der Waals surface area contributed by atoms with E-state index in [9.17, 15) is 13.2 Å². The first-order valence-corrected chi connectivity index (χ1v) is 10.2. The SMILES string of the molecule is COc1ccc(S(=O)(=O)CC(C)C(=O)Nc2ccc(Br)cc2Cl)cc1. The molecule has 1 N–H and O–H groups in total. The van der Waals surface area contributed by atoms with E-state index < -0.39 is 21.7 Å². The van der Waals surface area contributed by atoms with E-state index >= 15 is 0 Å². The first-order chi connectivity index (χ1) is 11.7. The van der Waals surface area contributed by atoms with Gasteiger partial charge >= 0.3 is 0 Å². The van der Waals surface area contributed by atoms with E-state index in [1.54, 1.807) is 37.3 Å². The fraction of sp³-hybridized carbons (Fsp3) is 0.235. The van der Waals surface area contributed by atoms with Gasteiger partial charge in [-0.2, -0.15) is 0 Å². The average Bonchev–Trinajstić information content (AvgIpc) is 2.57. The Bertz CT molecular complexity index is 869. The number of methoxy groups -OCH3 is 1. The lowest BCUT2D eigenvalue weighted by Gasteiger charge is -2.14. The molecule has 134 valence electrons. The number of nitrogens with one attached hydrogen (secondary N) is 1. The van der Waals surface area contributed by atoms with Crippen LogP contribution in [0.5, 0.6) is 5.75 Å². The van der Waals surface area contributed by atoms with Crippen molar-refractivity contribution in [1.29, 1.82) is 0 Å². The summed E-state index contributed by atoms with van der Waals surface area (Å²) in [6.45, 7) is 1.56. The summed E-state index contributed by atoms with van der Waals surface area (Å²) in [5.41, 5.74) is 0.434. The van der Waals surface area contributed by atoms with Gasteiger partial charge in [-0.05, 0) is 42.5 Å². The molecule has 0 heterocycles. The van der Waals surface area contributed by atoms with Crippen molar-refractivity contribution in [2.75, 3.05) is 18.2 Å². The summed E-state index contributed by atoms with van der Waals surface area (Å²) in [6, 6.07) is 11.1. The Hall–Kier alpha value is -1.57. The highest BCUT2D eigenvalue weighted by Crippen LogP contribution is 2.26. The van der Waals surface area contributed by atoms with Gasteiger partial charge in [0, 0.05) is 10.4 Å². The molecule has 2 rings (SSSR count). The van der Waals surface area contributed by atoms with E-state index in [1.165, 1.54) is 19.2 Å². The highest BCUT2D eigenvalue weighted by molar-refractivity contribution is 9.10. The van der Waals surface area contributed by atoms with Crippen molar-refractivity contribution in [3.63, 3.8) is 0 Å². The molecule has 0 spiro atoms. The second kappa shape index (κ2) is 8.21. The standard InChI is InChI=1S/C17H17BrClNO4S/c1-11(17(21)20-16-8-3-12(18)9-15(16)19)10-25(22,23)14-6-4-13(24-2)5-7-14/h3-9,11H,10H2,1-2H3,(H,20,21). The third kappa shape index (κ3) is 5.20. The van der Waals surface area contributed by atoms with Gasteiger partial charge in [-0.15, -0.1) is 0 Å². The molecule has 0 aliphatic carbocycles. The number of halogens is 2. The molecule has 0 aliphatic rings. The van der Waals surface area contributed by atoms with Crippen LogP contribution in [-0.4, -0.2) is 27.2 Å². The van der Waals surface area contributed by atoms with Crippen molar-refractivity contribution >= 4 is 49.0 Å². The summed E-state index contributed by atoms with van der Waals surface area (Å²) >= 11 is 9.34. The van der Waals surface area contributed by atoms with Crippen LogP contribution >= 0.6 is 27.5 Å². The van der Waals surface area contributed by atoms with Crippen molar-refractivity contribution in [2.24, 2.45) is 5.92 Å². The van der Waals surface area contributed by atoms with Crippen LogP contribution in [-0.2, 0) is 14.6 Å². The Morgan fingerprint density at radius 3 is 2.44 bits per heavy atom. The Morgan fingerprint density at radius 1 is 1.24 bits per heavy atom. The molecule has 0 bridgehead atoms. The number of carbonyl (C=O) groups is 1. The molecule has 2 aromatic rings. The van der Waals surface area contributed by atoms with Crippen molar-refractivity contribution < 1.29 is 17.9 Å². The highest BCUT2D eigenvalue weighted by Gasteiger charge is 2.24. The Kier molecular flexibility index (Phi) is 6.48. The lowest BCUT2D eigenvalue weighted by atomic mass is 10.2. The number of hydrogen-bond donors (Lipinski definition) is 1. The number of ether oxygens (including phenoxy) is 1. The van der Waals surface area contributed by atoms with Gasteiger partial charge in [0.2, 0.25) is 5.91 Å². The molecule has 0 aliphatic heterocycles. The van der Waals surface area contributed by atoms with Gasteiger partial charge in [-0.25, -0.2) is 8.42 Å². The molecule has 0 aromatic heterocycles. The number of amides is 1. The normalized spacial score (nSPS) is 12.5. The number of sulfone groups is 1. The number of hydrogen-bond acceptors (Lipinski definition) is 4. The van der Waals surface area contributed by atoms with Crippen LogP contribution in [0.1, 0.15) is 6.92 Å². The van der Waals surface area contributed by atoms with Gasteiger partial charge in [0.25, 0.3) is 0 Å². The maximum absolute atomic E-state index is 12.5. The van der Waals surface area contributed by atoms with Crippen LogP contribution in [0.2, 0.25) is 5.02 Å². The zero-order chi connectivity index (χ0) is 18.6. The molecule has 1 unspecified atom stereocenters. The lowest BCUT2D eigenvalue weighted by Crippen LogP contribution is -2.27.